The van der Waals surface area contributed by atoms with E-state index < -0.39 is 6.10 Å². The van der Waals surface area contributed by atoms with Gasteiger partial charge in [-0.25, -0.2) is 0 Å². The minimum Gasteiger partial charge on any atom is -0.480 e. The monoisotopic (exact) mass is 279 g/mol. The van der Waals surface area contributed by atoms with E-state index in [1.54, 1.807) is 38.3 Å². The fourth-order valence-corrected chi connectivity index (χ4v) is 1.68. The van der Waals surface area contributed by atoms with Crippen molar-refractivity contribution in [1.29, 1.82) is 0 Å². The van der Waals surface area contributed by atoms with Gasteiger partial charge in [-0.15, -0.1) is 0 Å². The second-order valence-electron chi connectivity index (χ2n) is 4.45. The van der Waals surface area contributed by atoms with Gasteiger partial charge in [0.05, 0.1) is 5.56 Å². The van der Waals surface area contributed by atoms with Gasteiger partial charge in [-0.1, -0.05) is 12.1 Å². The molecule has 1 aromatic rings. The molecule has 0 heterocycles. The molecule has 0 aromatic heterocycles. The van der Waals surface area contributed by atoms with Crippen molar-refractivity contribution >= 4 is 11.7 Å². The molecule has 0 saturated heterocycles. The van der Waals surface area contributed by atoms with Crippen LogP contribution in [0.2, 0.25) is 0 Å². The van der Waals surface area contributed by atoms with Gasteiger partial charge >= 0.3 is 0 Å². The van der Waals surface area contributed by atoms with Crippen LogP contribution in [-0.2, 0) is 9.53 Å². The minimum atomic E-state index is -0.655. The Kier molecular flexibility index (Phi) is 6.73. The molecular formula is C15H21NO4. The number of benzene rings is 1. The van der Waals surface area contributed by atoms with Gasteiger partial charge in [0.2, 0.25) is 0 Å². The van der Waals surface area contributed by atoms with Gasteiger partial charge in [0.1, 0.15) is 5.75 Å². The first-order valence-electron chi connectivity index (χ1n) is 6.59. The van der Waals surface area contributed by atoms with Crippen LogP contribution in [0, 0.1) is 0 Å². The molecule has 20 heavy (non-hydrogen) atoms. The molecule has 5 heteroatoms. The van der Waals surface area contributed by atoms with Crippen molar-refractivity contribution in [1.82, 2.24) is 5.32 Å². The van der Waals surface area contributed by atoms with Gasteiger partial charge in [0, 0.05) is 20.3 Å². The van der Waals surface area contributed by atoms with Crippen LogP contribution in [0.25, 0.3) is 0 Å². The number of para-hydroxylation sites is 1. The molecule has 0 radical (unpaired) electrons. The summed E-state index contributed by atoms with van der Waals surface area (Å²) in [4.78, 5) is 23.3. The Labute approximate surface area is 119 Å². The van der Waals surface area contributed by atoms with Crippen LogP contribution in [0.15, 0.2) is 24.3 Å². The van der Waals surface area contributed by atoms with Crippen molar-refractivity contribution in [3.05, 3.63) is 29.8 Å². The topological polar surface area (TPSA) is 64.6 Å². The van der Waals surface area contributed by atoms with E-state index in [4.69, 9.17) is 9.47 Å². The number of carbonyl (C=O) groups excluding carboxylic acids is 2. The summed E-state index contributed by atoms with van der Waals surface area (Å²) in [7, 11) is 1.62. The van der Waals surface area contributed by atoms with Gasteiger partial charge in [-0.2, -0.15) is 0 Å². The van der Waals surface area contributed by atoms with Crippen molar-refractivity contribution in [3.8, 4) is 5.75 Å². The van der Waals surface area contributed by atoms with Crippen molar-refractivity contribution in [2.24, 2.45) is 0 Å². The number of amides is 1. The number of Topliss-reactive ketones (excluding diaryl/α,β-unsaturated/α-hetero) is 1. The third-order valence-electron chi connectivity index (χ3n) is 2.76. The average Bonchev–Trinajstić information content (AvgIpc) is 2.43. The van der Waals surface area contributed by atoms with Crippen LogP contribution in [-0.4, -0.2) is 38.1 Å². The minimum absolute atomic E-state index is 0.0895. The van der Waals surface area contributed by atoms with E-state index in [9.17, 15) is 9.59 Å². The first kappa shape index (κ1) is 16.2. The molecule has 1 rings (SSSR count). The molecule has 0 aliphatic rings. The molecule has 1 amide bonds. The standard InChI is InChI=1S/C15H21NO4/c1-11(17)13-7-4-5-8-14(13)20-12(2)15(18)16-9-6-10-19-3/h4-5,7-8,12H,6,9-10H2,1-3H3,(H,16,18). The van der Waals surface area contributed by atoms with E-state index in [1.807, 2.05) is 0 Å². The second kappa shape index (κ2) is 8.32. The molecule has 1 unspecified atom stereocenters. The number of ether oxygens (including phenoxy) is 2. The summed E-state index contributed by atoms with van der Waals surface area (Å²) in [5.41, 5.74) is 0.478. The Bertz CT molecular complexity index is 459. The lowest BCUT2D eigenvalue weighted by Crippen LogP contribution is -2.37. The number of hydrogen-bond acceptors (Lipinski definition) is 4. The Morgan fingerprint density at radius 3 is 2.65 bits per heavy atom. The van der Waals surface area contributed by atoms with Crippen LogP contribution in [0.5, 0.6) is 5.75 Å². The van der Waals surface area contributed by atoms with E-state index in [-0.39, 0.29) is 11.7 Å². The predicted molar refractivity (Wildman–Crippen MR) is 76.0 cm³/mol. The maximum atomic E-state index is 11.8. The highest BCUT2D eigenvalue weighted by atomic mass is 16.5. The molecule has 0 spiro atoms. The summed E-state index contributed by atoms with van der Waals surface area (Å²) in [6.45, 7) is 4.26. The summed E-state index contributed by atoms with van der Waals surface area (Å²) in [6.07, 6.45) is 0.0944. The Morgan fingerprint density at radius 1 is 1.30 bits per heavy atom. The lowest BCUT2D eigenvalue weighted by Gasteiger charge is -2.16. The van der Waals surface area contributed by atoms with E-state index in [2.05, 4.69) is 5.32 Å². The van der Waals surface area contributed by atoms with Gasteiger partial charge < -0.3 is 14.8 Å². The first-order chi connectivity index (χ1) is 9.56. The zero-order valence-corrected chi connectivity index (χ0v) is 12.1. The van der Waals surface area contributed by atoms with Crippen molar-refractivity contribution in [3.63, 3.8) is 0 Å². The van der Waals surface area contributed by atoms with Gasteiger partial charge in [-0.3, -0.25) is 9.59 Å². The third kappa shape index (κ3) is 5.01. The van der Waals surface area contributed by atoms with Crippen molar-refractivity contribution in [2.75, 3.05) is 20.3 Å². The maximum absolute atomic E-state index is 11.8. The molecule has 0 aliphatic carbocycles. The number of carbonyl (C=O) groups is 2. The second-order valence-corrected chi connectivity index (χ2v) is 4.45. The van der Waals surface area contributed by atoms with Crippen molar-refractivity contribution < 1.29 is 19.1 Å². The highest BCUT2D eigenvalue weighted by Gasteiger charge is 2.16. The molecule has 0 saturated carbocycles. The molecule has 110 valence electrons. The first-order valence-corrected chi connectivity index (χ1v) is 6.59. The van der Waals surface area contributed by atoms with Crippen LogP contribution < -0.4 is 10.1 Å². The summed E-state index contributed by atoms with van der Waals surface area (Å²) < 4.78 is 10.5. The average molecular weight is 279 g/mol. The SMILES string of the molecule is COCCCNC(=O)C(C)Oc1ccccc1C(C)=O. The molecule has 0 fully saturated rings. The van der Waals surface area contributed by atoms with Gasteiger partial charge in [0.15, 0.2) is 11.9 Å². The maximum Gasteiger partial charge on any atom is 0.260 e. The third-order valence-corrected chi connectivity index (χ3v) is 2.76. The molecular weight excluding hydrogens is 258 g/mol. The Hall–Kier alpha value is -1.88. The molecule has 5 nitrogen and oxygen atoms in total. The zero-order valence-electron chi connectivity index (χ0n) is 12.1. The van der Waals surface area contributed by atoms with Crippen LogP contribution >= 0.6 is 0 Å². The molecule has 0 bridgehead atoms. The summed E-state index contributed by atoms with van der Waals surface area (Å²) >= 11 is 0. The number of rotatable bonds is 8. The van der Waals surface area contributed by atoms with E-state index >= 15 is 0 Å². The fraction of sp³-hybridized carbons (Fsp3) is 0.467. The van der Waals surface area contributed by atoms with Crippen LogP contribution in [0.3, 0.4) is 0 Å². The predicted octanol–water partition coefficient (Wildman–Crippen LogP) is 1.81. The van der Waals surface area contributed by atoms with E-state index in [1.165, 1.54) is 6.92 Å². The van der Waals surface area contributed by atoms with E-state index in [0.717, 1.165) is 6.42 Å². The van der Waals surface area contributed by atoms with E-state index in [0.29, 0.717) is 24.5 Å². The highest BCUT2D eigenvalue weighted by molar-refractivity contribution is 5.96. The number of hydrogen-bond donors (Lipinski definition) is 1. The lowest BCUT2D eigenvalue weighted by molar-refractivity contribution is -0.127. The molecule has 1 N–H and O–H groups in total. The van der Waals surface area contributed by atoms with Crippen LogP contribution in [0.1, 0.15) is 30.6 Å². The van der Waals surface area contributed by atoms with Crippen LogP contribution in [0.4, 0.5) is 0 Å². The summed E-state index contributed by atoms with van der Waals surface area (Å²) in [6, 6.07) is 6.90. The number of methoxy groups -OCH3 is 1. The smallest absolute Gasteiger partial charge is 0.260 e. The number of nitrogens with one attached hydrogen (secondary N) is 1. The van der Waals surface area contributed by atoms with Gasteiger partial charge in [0.25, 0.3) is 5.91 Å². The molecule has 1 atom stereocenters. The van der Waals surface area contributed by atoms with Crippen molar-refractivity contribution in [2.45, 2.75) is 26.4 Å². The highest BCUT2D eigenvalue weighted by Crippen LogP contribution is 2.19. The summed E-state index contributed by atoms with van der Waals surface area (Å²) in [5.74, 6) is 0.132. The number of ketones is 1. The lowest BCUT2D eigenvalue weighted by atomic mass is 10.1. The summed E-state index contributed by atoms with van der Waals surface area (Å²) in [5, 5.41) is 2.76. The zero-order chi connectivity index (χ0) is 15.0. The molecule has 1 aromatic carbocycles. The fourth-order valence-electron chi connectivity index (χ4n) is 1.68. The Balaban J connectivity index is 2.55. The van der Waals surface area contributed by atoms with Gasteiger partial charge in [-0.05, 0) is 32.4 Å². The quantitative estimate of drug-likeness (QED) is 0.582. The normalized spacial score (nSPS) is 11.8. The molecule has 0 aliphatic heterocycles. The Morgan fingerprint density at radius 2 is 2.00 bits per heavy atom. The largest absolute Gasteiger partial charge is 0.480 e.